The first kappa shape index (κ1) is 22.5. The zero-order valence-corrected chi connectivity index (χ0v) is 25.8. The van der Waals surface area contributed by atoms with E-state index in [1.165, 1.54) is 0 Å². The lowest BCUT2D eigenvalue weighted by Crippen LogP contribution is -2.01. The smallest absolute Gasteiger partial charge is 0.114 e. The second-order valence-electron chi connectivity index (χ2n) is 11.8. The first-order valence-corrected chi connectivity index (χ1v) is 16.0. The van der Waals surface area contributed by atoms with Crippen LogP contribution in [-0.2, 0) is 6.42 Å². The minimum absolute atomic E-state index is 0.193. The van der Waals surface area contributed by atoms with Crippen molar-refractivity contribution in [1.82, 2.24) is 9.55 Å². The molecule has 0 radical (unpaired) electrons. The molecular formula is C45H32N2. The number of imidazole rings is 1. The fraction of sp³-hybridized carbons (Fsp3) is 0.0444. The maximum Gasteiger partial charge on any atom is 0.114 e. The lowest BCUT2D eigenvalue weighted by Gasteiger charge is -2.21. The van der Waals surface area contributed by atoms with Crippen LogP contribution in [-0.4, -0.2) is 9.55 Å². The third-order valence-corrected chi connectivity index (χ3v) is 9.26. The Hall–Kier alpha value is -5.99. The van der Waals surface area contributed by atoms with Gasteiger partial charge in [-0.15, -0.1) is 0 Å². The van der Waals surface area contributed by atoms with Gasteiger partial charge in [0.15, 0.2) is 0 Å². The molecule has 0 aliphatic rings. The molecule has 9 aromatic rings. The Labute approximate surface area is 281 Å². The third-order valence-electron chi connectivity index (χ3n) is 9.26. The van der Waals surface area contributed by atoms with Gasteiger partial charge in [-0.05, 0) is 78.5 Å². The standard InChI is InChI=1S/C45H32N2/c1-2-43-46-40-26-14-15-27-42(40)47(43)41-29-28-39(32-19-7-8-20-33(32)41)45-37-24-12-10-22-35(37)44(36-23-11-13-25-38(36)45)34-21-9-6-18-31(34)30-16-4-3-5-17-30/h3-29H,2H2,1H3/i3D,4D,5D,16D,17D. The molecule has 0 bridgehead atoms. The number of fused-ring (bicyclic) bond motifs is 4. The molecule has 0 N–H and O–H groups in total. The molecule has 0 saturated heterocycles. The molecular weight excluding hydrogens is 569 g/mol. The molecule has 1 heterocycles. The summed E-state index contributed by atoms with van der Waals surface area (Å²) in [5.41, 5.74) is 7.91. The minimum atomic E-state index is -0.401. The largest absolute Gasteiger partial charge is 0.296 e. The van der Waals surface area contributed by atoms with E-state index in [2.05, 4.69) is 102 Å². The quantitative estimate of drug-likeness (QED) is 0.178. The number of aryl methyl sites for hydroxylation is 1. The van der Waals surface area contributed by atoms with Crippen LogP contribution in [0, 0.1) is 0 Å². The molecule has 0 atom stereocenters. The molecule has 222 valence electrons. The molecule has 0 spiro atoms. The van der Waals surface area contributed by atoms with Gasteiger partial charge in [0.25, 0.3) is 0 Å². The Morgan fingerprint density at radius 1 is 0.511 bits per heavy atom. The second-order valence-corrected chi connectivity index (χ2v) is 11.8. The Kier molecular flexibility index (Phi) is 5.32. The Balaban J connectivity index is 1.36. The van der Waals surface area contributed by atoms with Crippen molar-refractivity contribution in [2.24, 2.45) is 0 Å². The van der Waals surface area contributed by atoms with Crippen molar-refractivity contribution in [1.29, 1.82) is 0 Å². The zero-order valence-electron chi connectivity index (χ0n) is 30.8. The van der Waals surface area contributed by atoms with Gasteiger partial charge in [-0.3, -0.25) is 4.57 Å². The van der Waals surface area contributed by atoms with Gasteiger partial charge >= 0.3 is 0 Å². The molecule has 0 aliphatic heterocycles. The predicted molar refractivity (Wildman–Crippen MR) is 199 cm³/mol. The molecule has 2 nitrogen and oxygen atoms in total. The molecule has 47 heavy (non-hydrogen) atoms. The summed E-state index contributed by atoms with van der Waals surface area (Å²) in [7, 11) is 0. The van der Waals surface area contributed by atoms with Crippen LogP contribution in [0.1, 0.15) is 19.6 Å². The lowest BCUT2D eigenvalue weighted by atomic mass is 9.83. The highest BCUT2D eigenvalue weighted by Gasteiger charge is 2.21. The maximum atomic E-state index is 8.84. The number of hydrogen-bond acceptors (Lipinski definition) is 1. The molecule has 2 heteroatoms. The molecule has 0 fully saturated rings. The van der Waals surface area contributed by atoms with Gasteiger partial charge in [0.2, 0.25) is 0 Å². The zero-order chi connectivity index (χ0) is 35.7. The van der Waals surface area contributed by atoms with Gasteiger partial charge in [-0.1, -0.05) is 152 Å². The van der Waals surface area contributed by atoms with Gasteiger partial charge in [0.05, 0.1) is 23.6 Å². The summed E-state index contributed by atoms with van der Waals surface area (Å²) < 4.78 is 45.0. The second kappa shape index (κ2) is 11.1. The number of hydrogen-bond donors (Lipinski definition) is 0. The van der Waals surface area contributed by atoms with Crippen molar-refractivity contribution >= 4 is 43.4 Å². The van der Waals surface area contributed by atoms with E-state index in [4.69, 9.17) is 11.8 Å². The molecule has 0 unspecified atom stereocenters. The van der Waals surface area contributed by atoms with Crippen LogP contribution < -0.4 is 0 Å². The van der Waals surface area contributed by atoms with Gasteiger partial charge in [0, 0.05) is 11.8 Å². The summed E-state index contributed by atoms with van der Waals surface area (Å²) in [5.74, 6) is 1.01. The summed E-state index contributed by atoms with van der Waals surface area (Å²) in [6.07, 6.45) is 0.797. The van der Waals surface area contributed by atoms with Crippen LogP contribution >= 0.6 is 0 Å². The topological polar surface area (TPSA) is 17.8 Å². The highest BCUT2D eigenvalue weighted by molar-refractivity contribution is 6.24. The molecule has 0 aliphatic carbocycles. The van der Waals surface area contributed by atoms with E-state index < -0.39 is 6.04 Å². The van der Waals surface area contributed by atoms with E-state index in [1.807, 2.05) is 42.5 Å². The van der Waals surface area contributed by atoms with Crippen molar-refractivity contribution in [3.8, 4) is 39.1 Å². The van der Waals surface area contributed by atoms with Crippen LogP contribution in [0.3, 0.4) is 0 Å². The number of aromatic nitrogens is 2. The first-order chi connectivity index (χ1) is 25.4. The maximum absolute atomic E-state index is 8.84. The SMILES string of the molecule is [2H]c1c([2H])c([2H])c(-c2ccccc2-c2c3ccccc3c(-c3ccc(-n4c(CC)nc5ccccc54)c4ccccc34)c3ccccc23)c([2H])c1[2H]. The third kappa shape index (κ3) is 4.30. The fourth-order valence-corrected chi connectivity index (χ4v) is 7.29. The van der Waals surface area contributed by atoms with Crippen LogP contribution in [0.2, 0.25) is 0 Å². The van der Waals surface area contributed by atoms with E-state index in [-0.39, 0.29) is 29.7 Å². The highest BCUT2D eigenvalue weighted by Crippen LogP contribution is 2.47. The Morgan fingerprint density at radius 2 is 1.04 bits per heavy atom. The van der Waals surface area contributed by atoms with E-state index in [1.54, 1.807) is 0 Å². The molecule has 8 aromatic carbocycles. The molecule has 1 aromatic heterocycles. The number of benzene rings is 8. The highest BCUT2D eigenvalue weighted by atomic mass is 15.1. The summed E-state index contributed by atoms with van der Waals surface area (Å²) in [5, 5.41) is 6.40. The summed E-state index contributed by atoms with van der Waals surface area (Å²) >= 11 is 0. The van der Waals surface area contributed by atoms with E-state index in [9.17, 15) is 0 Å². The average Bonchev–Trinajstić information content (AvgIpc) is 3.57. The Morgan fingerprint density at radius 3 is 1.70 bits per heavy atom. The normalized spacial score (nSPS) is 13.1. The van der Waals surface area contributed by atoms with Gasteiger partial charge in [-0.2, -0.15) is 0 Å². The Bertz CT molecular complexity index is 2820. The van der Waals surface area contributed by atoms with Crippen molar-refractivity contribution < 1.29 is 6.85 Å². The summed E-state index contributed by atoms with van der Waals surface area (Å²) in [6, 6.07) is 44.2. The van der Waals surface area contributed by atoms with Crippen LogP contribution in [0.25, 0.3) is 82.4 Å². The van der Waals surface area contributed by atoms with Crippen LogP contribution in [0.4, 0.5) is 0 Å². The molecule has 0 amide bonds. The van der Waals surface area contributed by atoms with E-state index >= 15 is 0 Å². The van der Waals surface area contributed by atoms with Gasteiger partial charge in [-0.25, -0.2) is 4.98 Å². The number of nitrogens with zero attached hydrogens (tertiary/aromatic N) is 2. The van der Waals surface area contributed by atoms with Gasteiger partial charge in [0.1, 0.15) is 5.82 Å². The molecule has 0 saturated carbocycles. The number of para-hydroxylation sites is 2. The van der Waals surface area contributed by atoms with E-state index in [0.717, 1.165) is 83.5 Å². The lowest BCUT2D eigenvalue weighted by molar-refractivity contribution is 0.913. The monoisotopic (exact) mass is 605 g/mol. The summed E-state index contributed by atoms with van der Waals surface area (Å²) in [6.45, 7) is 2.14. The van der Waals surface area contributed by atoms with Crippen molar-refractivity contribution in [2.75, 3.05) is 0 Å². The fourth-order valence-electron chi connectivity index (χ4n) is 7.29. The van der Waals surface area contributed by atoms with Crippen LogP contribution in [0.15, 0.2) is 164 Å². The van der Waals surface area contributed by atoms with Crippen molar-refractivity contribution in [2.45, 2.75) is 13.3 Å². The van der Waals surface area contributed by atoms with E-state index in [0.29, 0.717) is 5.56 Å². The van der Waals surface area contributed by atoms with Crippen molar-refractivity contribution in [3.63, 3.8) is 0 Å². The predicted octanol–water partition coefficient (Wildman–Crippen LogP) is 12.0. The molecule has 9 rings (SSSR count). The van der Waals surface area contributed by atoms with Gasteiger partial charge < -0.3 is 0 Å². The average molecular weight is 606 g/mol. The minimum Gasteiger partial charge on any atom is -0.296 e. The summed E-state index contributed by atoms with van der Waals surface area (Å²) in [4.78, 5) is 4.98. The van der Waals surface area contributed by atoms with Crippen LogP contribution in [0.5, 0.6) is 0 Å². The van der Waals surface area contributed by atoms with Crippen molar-refractivity contribution in [3.05, 3.63) is 169 Å². The number of rotatable bonds is 5. The first-order valence-electron chi connectivity index (χ1n) is 18.5.